The minimum absolute atomic E-state index is 0.262. The summed E-state index contributed by atoms with van der Waals surface area (Å²) in [4.78, 5) is 11.6. The summed E-state index contributed by atoms with van der Waals surface area (Å²) >= 11 is 1.78. The lowest BCUT2D eigenvalue weighted by Gasteiger charge is -2.05. The zero-order valence-corrected chi connectivity index (χ0v) is 10.6. The predicted molar refractivity (Wildman–Crippen MR) is 70.8 cm³/mol. The van der Waals surface area contributed by atoms with Crippen molar-refractivity contribution in [3.8, 4) is 0 Å². The molecule has 0 atom stereocenters. The van der Waals surface area contributed by atoms with Crippen LogP contribution in [0.4, 0.5) is 10.1 Å². The topological polar surface area (TPSA) is 55.1 Å². The van der Waals surface area contributed by atoms with Gasteiger partial charge in [-0.2, -0.15) is 11.8 Å². The number of carbonyl (C=O) groups is 1. The second kappa shape index (κ2) is 7.17. The summed E-state index contributed by atoms with van der Waals surface area (Å²) < 4.78 is 13.0. The SMILES string of the molecule is CSCCCCNC(=O)c1cc(N)cc(F)c1. The zero-order chi connectivity index (χ0) is 12.7. The number of nitrogen functional groups attached to an aromatic ring is 1. The molecule has 17 heavy (non-hydrogen) atoms. The van der Waals surface area contributed by atoms with Gasteiger partial charge in [0.15, 0.2) is 0 Å². The highest BCUT2D eigenvalue weighted by molar-refractivity contribution is 7.98. The fourth-order valence-corrected chi connectivity index (χ4v) is 1.91. The number of thioether (sulfide) groups is 1. The Balaban J connectivity index is 2.41. The van der Waals surface area contributed by atoms with Gasteiger partial charge >= 0.3 is 0 Å². The molecule has 1 aromatic rings. The minimum atomic E-state index is -0.488. The lowest BCUT2D eigenvalue weighted by molar-refractivity contribution is 0.0953. The van der Waals surface area contributed by atoms with Gasteiger partial charge in [0.25, 0.3) is 5.91 Å². The van der Waals surface area contributed by atoms with Crippen LogP contribution in [-0.4, -0.2) is 24.5 Å². The molecule has 0 saturated carbocycles. The number of rotatable bonds is 6. The Bertz CT molecular complexity index is 365. The number of anilines is 1. The Morgan fingerprint density at radius 2 is 2.18 bits per heavy atom. The fourth-order valence-electron chi connectivity index (χ4n) is 1.42. The molecule has 0 radical (unpaired) electrons. The summed E-state index contributed by atoms with van der Waals surface area (Å²) in [6.07, 6.45) is 4.04. The van der Waals surface area contributed by atoms with Gasteiger partial charge in [0.05, 0.1) is 0 Å². The number of hydrogen-bond donors (Lipinski definition) is 2. The monoisotopic (exact) mass is 256 g/mol. The van der Waals surface area contributed by atoms with Gasteiger partial charge in [-0.3, -0.25) is 4.79 Å². The lowest BCUT2D eigenvalue weighted by atomic mass is 10.2. The van der Waals surface area contributed by atoms with E-state index in [1.165, 1.54) is 18.2 Å². The van der Waals surface area contributed by atoms with E-state index < -0.39 is 5.82 Å². The Kier molecular flexibility index (Phi) is 5.83. The summed E-state index contributed by atoms with van der Waals surface area (Å²) in [6.45, 7) is 0.607. The van der Waals surface area contributed by atoms with Gasteiger partial charge in [0.1, 0.15) is 5.82 Å². The molecule has 3 N–H and O–H groups in total. The number of nitrogens with one attached hydrogen (secondary N) is 1. The van der Waals surface area contributed by atoms with Gasteiger partial charge in [-0.05, 0) is 43.0 Å². The number of carbonyl (C=O) groups excluding carboxylic acids is 1. The Labute approximate surface area is 105 Å². The van der Waals surface area contributed by atoms with Crippen LogP contribution in [0.2, 0.25) is 0 Å². The first-order valence-corrected chi connectivity index (χ1v) is 6.86. The molecule has 0 aromatic heterocycles. The van der Waals surface area contributed by atoms with Crippen molar-refractivity contribution in [2.24, 2.45) is 0 Å². The van der Waals surface area contributed by atoms with Gasteiger partial charge in [0, 0.05) is 17.8 Å². The summed E-state index contributed by atoms with van der Waals surface area (Å²) in [7, 11) is 0. The second-order valence-electron chi connectivity index (χ2n) is 3.73. The van der Waals surface area contributed by atoms with E-state index in [0.29, 0.717) is 6.54 Å². The largest absolute Gasteiger partial charge is 0.399 e. The molecule has 0 aliphatic carbocycles. The van der Waals surface area contributed by atoms with E-state index in [1.807, 2.05) is 6.26 Å². The lowest BCUT2D eigenvalue weighted by Crippen LogP contribution is -2.24. The number of halogens is 1. The molecule has 3 nitrogen and oxygen atoms in total. The first kappa shape index (κ1) is 13.8. The molecule has 0 aliphatic heterocycles. The van der Waals surface area contributed by atoms with E-state index in [0.717, 1.165) is 18.6 Å². The molecule has 1 amide bonds. The van der Waals surface area contributed by atoms with Crippen LogP contribution in [-0.2, 0) is 0 Å². The summed E-state index contributed by atoms with van der Waals surface area (Å²) in [5, 5.41) is 2.74. The number of nitrogens with two attached hydrogens (primary N) is 1. The average Bonchev–Trinajstić information content (AvgIpc) is 2.27. The van der Waals surface area contributed by atoms with Crippen molar-refractivity contribution in [3.05, 3.63) is 29.6 Å². The van der Waals surface area contributed by atoms with E-state index in [9.17, 15) is 9.18 Å². The van der Waals surface area contributed by atoms with E-state index in [4.69, 9.17) is 5.73 Å². The number of hydrogen-bond acceptors (Lipinski definition) is 3. The molecule has 0 heterocycles. The second-order valence-corrected chi connectivity index (χ2v) is 4.71. The summed E-state index contributed by atoms with van der Waals surface area (Å²) in [5.74, 6) is 0.320. The number of amides is 1. The normalized spacial score (nSPS) is 10.2. The van der Waals surface area contributed by atoms with Crippen LogP contribution in [0, 0.1) is 5.82 Å². The maximum Gasteiger partial charge on any atom is 0.251 e. The van der Waals surface area contributed by atoms with Crippen LogP contribution in [0.15, 0.2) is 18.2 Å². The smallest absolute Gasteiger partial charge is 0.251 e. The molecule has 0 saturated heterocycles. The van der Waals surface area contributed by atoms with Crippen LogP contribution in [0.3, 0.4) is 0 Å². The van der Waals surface area contributed by atoms with E-state index >= 15 is 0 Å². The first-order valence-electron chi connectivity index (χ1n) is 5.46. The van der Waals surface area contributed by atoms with Crippen LogP contribution in [0.1, 0.15) is 23.2 Å². The highest BCUT2D eigenvalue weighted by Crippen LogP contribution is 2.10. The van der Waals surface area contributed by atoms with E-state index in [-0.39, 0.29) is 17.2 Å². The Morgan fingerprint density at radius 1 is 1.41 bits per heavy atom. The minimum Gasteiger partial charge on any atom is -0.399 e. The molecule has 0 spiro atoms. The Hall–Kier alpha value is -1.23. The molecule has 0 bridgehead atoms. The van der Waals surface area contributed by atoms with Crippen molar-refractivity contribution in [2.45, 2.75) is 12.8 Å². The van der Waals surface area contributed by atoms with Crippen LogP contribution >= 0.6 is 11.8 Å². The average molecular weight is 256 g/mol. The van der Waals surface area contributed by atoms with Crippen LogP contribution in [0.5, 0.6) is 0 Å². The molecular formula is C12H17FN2OS. The van der Waals surface area contributed by atoms with E-state index in [1.54, 1.807) is 11.8 Å². The third-order valence-electron chi connectivity index (χ3n) is 2.24. The van der Waals surface area contributed by atoms with Crippen molar-refractivity contribution in [2.75, 3.05) is 24.3 Å². The molecule has 94 valence electrons. The molecule has 0 aliphatic rings. The molecule has 0 unspecified atom stereocenters. The van der Waals surface area contributed by atoms with E-state index in [2.05, 4.69) is 5.32 Å². The summed E-state index contributed by atoms with van der Waals surface area (Å²) in [5.41, 5.74) is 6.00. The van der Waals surface area contributed by atoms with Crippen molar-refractivity contribution < 1.29 is 9.18 Å². The molecule has 0 fully saturated rings. The van der Waals surface area contributed by atoms with Gasteiger partial charge < -0.3 is 11.1 Å². The maximum atomic E-state index is 13.0. The third kappa shape index (κ3) is 5.08. The van der Waals surface area contributed by atoms with Gasteiger partial charge in [0.2, 0.25) is 0 Å². The van der Waals surface area contributed by atoms with Gasteiger partial charge in [-0.15, -0.1) is 0 Å². The van der Waals surface area contributed by atoms with Crippen LogP contribution in [0.25, 0.3) is 0 Å². The molecular weight excluding hydrogens is 239 g/mol. The summed E-state index contributed by atoms with van der Waals surface area (Å²) in [6, 6.07) is 3.85. The first-order chi connectivity index (χ1) is 8.13. The van der Waals surface area contributed by atoms with Crippen LogP contribution < -0.4 is 11.1 Å². The molecule has 5 heteroatoms. The highest BCUT2D eigenvalue weighted by Gasteiger charge is 2.07. The quantitative estimate of drug-likeness (QED) is 0.606. The fraction of sp³-hybridized carbons (Fsp3) is 0.417. The van der Waals surface area contributed by atoms with Crippen molar-refractivity contribution in [1.29, 1.82) is 0 Å². The maximum absolute atomic E-state index is 13.0. The third-order valence-corrected chi connectivity index (χ3v) is 2.94. The standard InChI is InChI=1S/C12H17FN2OS/c1-17-5-3-2-4-15-12(16)9-6-10(13)8-11(14)7-9/h6-8H,2-5,14H2,1H3,(H,15,16). The molecule has 1 aromatic carbocycles. The number of unbranched alkanes of at least 4 members (excludes halogenated alkanes) is 1. The van der Waals surface area contributed by atoms with Crippen molar-refractivity contribution >= 4 is 23.4 Å². The predicted octanol–water partition coefficient (Wildman–Crippen LogP) is 2.28. The zero-order valence-electron chi connectivity index (χ0n) is 9.83. The Morgan fingerprint density at radius 3 is 2.82 bits per heavy atom. The highest BCUT2D eigenvalue weighted by atomic mass is 32.2. The van der Waals surface area contributed by atoms with Gasteiger partial charge in [-0.1, -0.05) is 0 Å². The molecule has 1 rings (SSSR count). The van der Waals surface area contributed by atoms with Crippen molar-refractivity contribution in [1.82, 2.24) is 5.32 Å². The van der Waals surface area contributed by atoms with Gasteiger partial charge in [-0.25, -0.2) is 4.39 Å². The number of benzene rings is 1. The van der Waals surface area contributed by atoms with Crippen molar-refractivity contribution in [3.63, 3.8) is 0 Å².